The van der Waals surface area contributed by atoms with Crippen LogP contribution in [0.5, 0.6) is 0 Å². The Kier molecular flexibility index (Phi) is 7.04. The molecular weight excluding hydrogens is 303 g/mol. The zero-order valence-electron chi connectivity index (χ0n) is 5.37. The lowest BCUT2D eigenvalue weighted by Crippen LogP contribution is -2.17. The highest BCUT2D eigenvalue weighted by Crippen LogP contribution is 2.19. The van der Waals surface area contributed by atoms with Gasteiger partial charge in [0.2, 0.25) is 0 Å². The highest BCUT2D eigenvalue weighted by atomic mass is 79.9. The second-order valence-corrected chi connectivity index (χ2v) is 5.08. The maximum Gasteiger partial charge on any atom is 0.0510 e. The summed E-state index contributed by atoms with van der Waals surface area (Å²) in [5.41, 5.74) is 0. The van der Waals surface area contributed by atoms with Gasteiger partial charge in [0.25, 0.3) is 0 Å². The molecule has 0 aromatic heterocycles. The third-order valence-corrected chi connectivity index (χ3v) is 4.30. The van der Waals surface area contributed by atoms with Crippen molar-refractivity contribution in [2.75, 3.05) is 5.33 Å². The first-order chi connectivity index (χ1) is 4.57. The summed E-state index contributed by atoms with van der Waals surface area (Å²) in [7, 11) is 0. The monoisotopic (exact) mass is 309 g/mol. The average molecular weight is 312 g/mol. The predicted molar refractivity (Wildman–Crippen MR) is 55.8 cm³/mol. The van der Waals surface area contributed by atoms with E-state index in [1.807, 2.05) is 0 Å². The molecule has 0 nitrogen and oxygen atoms in total. The van der Waals surface area contributed by atoms with Gasteiger partial charge in [-0.25, -0.2) is 0 Å². The van der Waals surface area contributed by atoms with E-state index < -0.39 is 0 Å². The van der Waals surface area contributed by atoms with Crippen molar-refractivity contribution in [2.45, 2.75) is 22.0 Å². The Bertz CT molecular complexity index is 87.8. The maximum atomic E-state index is 5.84. The minimum atomic E-state index is -0.208. The van der Waals surface area contributed by atoms with Gasteiger partial charge < -0.3 is 0 Å². The maximum absolute atomic E-state index is 5.84. The van der Waals surface area contributed by atoms with Crippen LogP contribution in [0.15, 0.2) is 0 Å². The van der Waals surface area contributed by atoms with Crippen LogP contribution in [0, 0.1) is 6.92 Å². The minimum absolute atomic E-state index is 0.0522. The molecule has 0 rings (SSSR count). The molecule has 3 unspecified atom stereocenters. The van der Waals surface area contributed by atoms with Crippen molar-refractivity contribution in [1.82, 2.24) is 0 Å². The van der Waals surface area contributed by atoms with Crippen molar-refractivity contribution in [1.29, 1.82) is 0 Å². The molecule has 0 fully saturated rings. The van der Waals surface area contributed by atoms with Gasteiger partial charge in [-0.15, -0.1) is 23.2 Å². The van der Waals surface area contributed by atoms with Gasteiger partial charge in [-0.05, 0) is 13.3 Å². The quantitative estimate of drug-likeness (QED) is 0.696. The van der Waals surface area contributed by atoms with Crippen LogP contribution in [0.4, 0.5) is 0 Å². The van der Waals surface area contributed by atoms with Gasteiger partial charge in [0.15, 0.2) is 0 Å². The van der Waals surface area contributed by atoms with Gasteiger partial charge in [0.1, 0.15) is 0 Å². The first-order valence-corrected chi connectivity index (χ1v) is 5.80. The number of hydrogen-bond donors (Lipinski definition) is 0. The zero-order chi connectivity index (χ0) is 8.15. The first kappa shape index (κ1) is 11.5. The van der Waals surface area contributed by atoms with Crippen LogP contribution >= 0.6 is 55.1 Å². The van der Waals surface area contributed by atoms with Crippen molar-refractivity contribution in [2.24, 2.45) is 0 Å². The molecule has 10 heavy (non-hydrogen) atoms. The molecule has 0 aliphatic heterocycles. The molecule has 0 saturated heterocycles. The van der Waals surface area contributed by atoms with E-state index in [0.29, 0.717) is 4.83 Å². The summed E-state index contributed by atoms with van der Waals surface area (Å²) in [6, 6.07) is 0. The van der Waals surface area contributed by atoms with Crippen molar-refractivity contribution in [3.8, 4) is 0 Å². The summed E-state index contributed by atoms with van der Waals surface area (Å²) in [4.78, 5) is 0.387. The van der Waals surface area contributed by atoms with Crippen LogP contribution in [-0.2, 0) is 0 Å². The van der Waals surface area contributed by atoms with E-state index in [1.165, 1.54) is 0 Å². The molecule has 0 amide bonds. The topological polar surface area (TPSA) is 0 Å². The van der Waals surface area contributed by atoms with Crippen LogP contribution in [0.25, 0.3) is 0 Å². The number of halogens is 4. The van der Waals surface area contributed by atoms with E-state index in [2.05, 4.69) is 38.8 Å². The Labute approximate surface area is 88.9 Å². The van der Waals surface area contributed by atoms with E-state index in [0.717, 1.165) is 11.8 Å². The van der Waals surface area contributed by atoms with E-state index >= 15 is 0 Å². The van der Waals surface area contributed by atoms with E-state index in [-0.39, 0.29) is 10.8 Å². The summed E-state index contributed by atoms with van der Waals surface area (Å²) >= 11 is 18.2. The van der Waals surface area contributed by atoms with Crippen molar-refractivity contribution >= 4 is 55.1 Å². The van der Waals surface area contributed by atoms with Crippen LogP contribution < -0.4 is 0 Å². The molecule has 61 valence electrons. The van der Waals surface area contributed by atoms with Gasteiger partial charge in [-0.1, -0.05) is 31.9 Å². The van der Waals surface area contributed by atoms with Gasteiger partial charge >= 0.3 is 0 Å². The van der Waals surface area contributed by atoms with Crippen LogP contribution in [0.1, 0.15) is 6.42 Å². The fourth-order valence-electron chi connectivity index (χ4n) is 0.455. The molecule has 1 radical (unpaired) electrons. The molecule has 3 atom stereocenters. The number of rotatable bonds is 4. The number of alkyl halides is 4. The normalized spacial score (nSPS) is 20.1. The molecule has 0 spiro atoms. The fraction of sp³-hybridized carbons (Fsp3) is 0.833. The number of hydrogen-bond acceptors (Lipinski definition) is 0. The second-order valence-electron chi connectivity index (χ2n) is 2.02. The Balaban J connectivity index is 3.46. The summed E-state index contributed by atoms with van der Waals surface area (Å²) in [5.74, 6) is 0. The van der Waals surface area contributed by atoms with E-state index in [9.17, 15) is 0 Å². The van der Waals surface area contributed by atoms with Crippen molar-refractivity contribution < 1.29 is 0 Å². The molecule has 0 aliphatic rings. The highest BCUT2D eigenvalue weighted by Gasteiger charge is 2.15. The summed E-state index contributed by atoms with van der Waals surface area (Å²) < 4.78 is 0. The zero-order valence-corrected chi connectivity index (χ0v) is 10.0. The summed E-state index contributed by atoms with van der Waals surface area (Å²) in [6.45, 7) is 3.62. The van der Waals surface area contributed by atoms with Gasteiger partial charge in [-0.3, -0.25) is 0 Å². The van der Waals surface area contributed by atoms with E-state index in [1.54, 1.807) is 0 Å². The van der Waals surface area contributed by atoms with Crippen molar-refractivity contribution in [3.63, 3.8) is 0 Å². The van der Waals surface area contributed by atoms with Crippen LogP contribution in [0.2, 0.25) is 0 Å². The molecular formula is C6H9Br2Cl2. The summed E-state index contributed by atoms with van der Waals surface area (Å²) in [6.07, 6.45) is 0.838. The Morgan fingerprint density at radius 3 is 2.20 bits per heavy atom. The molecule has 0 saturated carbocycles. The van der Waals surface area contributed by atoms with E-state index in [4.69, 9.17) is 23.2 Å². The Morgan fingerprint density at radius 1 is 1.40 bits per heavy atom. The van der Waals surface area contributed by atoms with Gasteiger partial charge in [-0.2, -0.15) is 0 Å². The molecule has 0 aliphatic carbocycles. The first-order valence-electron chi connectivity index (χ1n) is 2.89. The molecule has 0 aromatic carbocycles. The minimum Gasteiger partial charge on any atom is -0.121 e. The van der Waals surface area contributed by atoms with Crippen molar-refractivity contribution in [3.05, 3.63) is 6.92 Å². The van der Waals surface area contributed by atoms with Gasteiger partial charge in [0.05, 0.1) is 10.8 Å². The molecule has 4 heteroatoms. The third kappa shape index (κ3) is 5.22. The molecule has 0 N–H and O–H groups in total. The fourth-order valence-corrected chi connectivity index (χ4v) is 1.66. The predicted octanol–water partition coefficient (Wildman–Crippen LogP) is 3.58. The Morgan fingerprint density at radius 2 is 1.90 bits per heavy atom. The lowest BCUT2D eigenvalue weighted by Gasteiger charge is -2.13. The SMILES string of the molecule is [CH2]C(Cl)C(Cl)CC(Br)CBr. The summed E-state index contributed by atoms with van der Waals surface area (Å²) in [5, 5.41) is 0.629. The third-order valence-electron chi connectivity index (χ3n) is 1.04. The average Bonchev–Trinajstić information content (AvgIpc) is 1.87. The lowest BCUT2D eigenvalue weighted by molar-refractivity contribution is 0.769. The molecule has 0 heterocycles. The molecule has 0 bridgehead atoms. The second kappa shape index (κ2) is 6.10. The standard InChI is InChI=1S/C6H9Br2Cl2/c1-4(9)6(10)2-5(8)3-7/h4-6H,1-3H2. The Hall–Kier alpha value is 1.54. The van der Waals surface area contributed by atoms with Gasteiger partial charge in [0, 0.05) is 10.2 Å². The highest BCUT2D eigenvalue weighted by molar-refractivity contribution is 9.12. The van der Waals surface area contributed by atoms with Crippen LogP contribution in [0.3, 0.4) is 0 Å². The smallest absolute Gasteiger partial charge is 0.0510 e. The molecule has 0 aromatic rings. The lowest BCUT2D eigenvalue weighted by atomic mass is 10.2. The van der Waals surface area contributed by atoms with Crippen LogP contribution in [-0.4, -0.2) is 20.9 Å². The largest absolute Gasteiger partial charge is 0.121 e.